The lowest BCUT2D eigenvalue weighted by atomic mass is 10.1. The molecular weight excluding hydrogens is 344 g/mol. The first kappa shape index (κ1) is 17.9. The highest BCUT2D eigenvalue weighted by Crippen LogP contribution is 2.18. The van der Waals surface area contributed by atoms with E-state index in [4.69, 9.17) is 0 Å². The molecule has 3 aromatic rings. The van der Waals surface area contributed by atoms with Crippen LogP contribution in [0.15, 0.2) is 71.4 Å². The van der Waals surface area contributed by atoms with Gasteiger partial charge in [-0.1, -0.05) is 42.5 Å². The number of carbonyl (C=O) groups excluding carboxylic acids is 2. The second-order valence-corrected chi connectivity index (χ2v) is 6.79. The summed E-state index contributed by atoms with van der Waals surface area (Å²) < 4.78 is 0. The molecule has 0 spiro atoms. The minimum absolute atomic E-state index is 0.127. The molecule has 0 fully saturated rings. The van der Waals surface area contributed by atoms with Crippen molar-refractivity contribution < 1.29 is 9.59 Å². The maximum atomic E-state index is 12.7. The van der Waals surface area contributed by atoms with E-state index in [9.17, 15) is 9.59 Å². The summed E-state index contributed by atoms with van der Waals surface area (Å²) in [5.41, 5.74) is 2.96. The highest BCUT2D eigenvalue weighted by molar-refractivity contribution is 7.08. The Labute approximate surface area is 156 Å². The van der Waals surface area contributed by atoms with Crippen LogP contribution in [-0.2, 0) is 11.2 Å². The number of hydrogen-bond donors (Lipinski definition) is 2. The first-order chi connectivity index (χ1) is 12.6. The predicted octanol–water partition coefficient (Wildman–Crippen LogP) is 4.42. The fraction of sp³-hybridized carbons (Fsp3) is 0.143. The number of para-hydroxylation sites is 1. The van der Waals surface area contributed by atoms with Crippen molar-refractivity contribution in [1.29, 1.82) is 0 Å². The van der Waals surface area contributed by atoms with Crippen LogP contribution in [0, 0.1) is 0 Å². The smallest absolute Gasteiger partial charge is 0.253 e. The van der Waals surface area contributed by atoms with Crippen molar-refractivity contribution in [2.24, 2.45) is 0 Å². The molecule has 2 N–H and O–H groups in total. The summed E-state index contributed by atoms with van der Waals surface area (Å²) in [5.74, 6) is -0.354. The molecule has 0 aliphatic carbocycles. The summed E-state index contributed by atoms with van der Waals surface area (Å²) in [4.78, 5) is 24.9. The van der Waals surface area contributed by atoms with E-state index in [0.717, 1.165) is 11.1 Å². The standard InChI is InChI=1S/C21H20N2O2S/c1-15(17-7-3-2-4-8-17)22-21(25)18-9-5-6-10-19(18)23-20(24)13-16-11-12-26-14-16/h2-12,14-15H,13H2,1H3,(H,22,25)(H,23,24)/t15-/m1/s1. The van der Waals surface area contributed by atoms with Gasteiger partial charge in [-0.05, 0) is 47.0 Å². The van der Waals surface area contributed by atoms with Crippen LogP contribution in [0.25, 0.3) is 0 Å². The Bertz CT molecular complexity index is 876. The molecule has 1 atom stereocenters. The minimum Gasteiger partial charge on any atom is -0.345 e. The number of thiophene rings is 1. The average Bonchev–Trinajstić information content (AvgIpc) is 3.15. The van der Waals surface area contributed by atoms with Gasteiger partial charge in [-0.3, -0.25) is 9.59 Å². The van der Waals surface area contributed by atoms with Crippen LogP contribution >= 0.6 is 11.3 Å². The quantitative estimate of drug-likeness (QED) is 0.680. The van der Waals surface area contributed by atoms with Crippen LogP contribution in [0.3, 0.4) is 0 Å². The van der Waals surface area contributed by atoms with Gasteiger partial charge < -0.3 is 10.6 Å². The van der Waals surface area contributed by atoms with E-state index in [1.54, 1.807) is 35.6 Å². The summed E-state index contributed by atoms with van der Waals surface area (Å²) in [5, 5.41) is 9.71. The molecule has 0 saturated heterocycles. The predicted molar refractivity (Wildman–Crippen MR) is 105 cm³/mol. The zero-order chi connectivity index (χ0) is 18.4. The van der Waals surface area contributed by atoms with Gasteiger partial charge in [0, 0.05) is 0 Å². The Balaban J connectivity index is 1.70. The van der Waals surface area contributed by atoms with Crippen molar-refractivity contribution in [2.75, 3.05) is 5.32 Å². The molecule has 0 aliphatic rings. The Morgan fingerprint density at radius 1 is 1.00 bits per heavy atom. The zero-order valence-corrected chi connectivity index (χ0v) is 15.3. The van der Waals surface area contributed by atoms with Gasteiger partial charge in [0.05, 0.1) is 23.7 Å². The first-order valence-electron chi connectivity index (χ1n) is 8.39. The largest absolute Gasteiger partial charge is 0.345 e. The van der Waals surface area contributed by atoms with E-state index in [2.05, 4.69) is 10.6 Å². The maximum Gasteiger partial charge on any atom is 0.253 e. The molecule has 0 bridgehead atoms. The molecule has 2 aromatic carbocycles. The van der Waals surface area contributed by atoms with E-state index < -0.39 is 0 Å². The lowest BCUT2D eigenvalue weighted by Gasteiger charge is -2.16. The molecule has 0 radical (unpaired) electrons. The number of carbonyl (C=O) groups is 2. The fourth-order valence-electron chi connectivity index (χ4n) is 2.66. The van der Waals surface area contributed by atoms with Crippen LogP contribution in [0.1, 0.15) is 34.5 Å². The Kier molecular flexibility index (Phi) is 5.81. The number of anilines is 1. The van der Waals surface area contributed by atoms with Gasteiger partial charge in [0.2, 0.25) is 5.91 Å². The summed E-state index contributed by atoms with van der Waals surface area (Å²) in [6.07, 6.45) is 0.292. The van der Waals surface area contributed by atoms with E-state index >= 15 is 0 Å². The van der Waals surface area contributed by atoms with Gasteiger partial charge in [0.15, 0.2) is 0 Å². The maximum absolute atomic E-state index is 12.7. The molecule has 0 saturated carbocycles. The molecule has 26 heavy (non-hydrogen) atoms. The molecule has 1 heterocycles. The first-order valence-corrected chi connectivity index (χ1v) is 9.33. The van der Waals surface area contributed by atoms with Gasteiger partial charge in [-0.25, -0.2) is 0 Å². The van der Waals surface area contributed by atoms with E-state index in [-0.39, 0.29) is 17.9 Å². The summed E-state index contributed by atoms with van der Waals surface area (Å²) in [7, 11) is 0. The molecule has 2 amide bonds. The SMILES string of the molecule is C[C@@H](NC(=O)c1ccccc1NC(=O)Cc1ccsc1)c1ccccc1. The molecule has 132 valence electrons. The highest BCUT2D eigenvalue weighted by atomic mass is 32.1. The van der Waals surface area contributed by atoms with Crippen LogP contribution in [0.2, 0.25) is 0 Å². The molecular formula is C21H20N2O2S. The monoisotopic (exact) mass is 364 g/mol. The number of rotatable bonds is 6. The van der Waals surface area contributed by atoms with Crippen molar-refractivity contribution in [1.82, 2.24) is 5.32 Å². The minimum atomic E-state index is -0.215. The van der Waals surface area contributed by atoms with Gasteiger partial charge in [0.25, 0.3) is 5.91 Å². The van der Waals surface area contributed by atoms with Crippen molar-refractivity contribution in [3.8, 4) is 0 Å². The van der Waals surface area contributed by atoms with Gasteiger partial charge >= 0.3 is 0 Å². The molecule has 4 nitrogen and oxygen atoms in total. The number of amides is 2. The van der Waals surface area contributed by atoms with Crippen LogP contribution in [0.5, 0.6) is 0 Å². The summed E-state index contributed by atoms with van der Waals surface area (Å²) >= 11 is 1.56. The molecule has 0 aliphatic heterocycles. The number of benzene rings is 2. The van der Waals surface area contributed by atoms with Gasteiger partial charge in [0.1, 0.15) is 0 Å². The molecule has 1 aromatic heterocycles. The Morgan fingerprint density at radius 2 is 1.73 bits per heavy atom. The van der Waals surface area contributed by atoms with Crippen molar-refractivity contribution in [2.45, 2.75) is 19.4 Å². The van der Waals surface area contributed by atoms with E-state index in [1.807, 2.05) is 54.1 Å². The third-order valence-corrected chi connectivity index (χ3v) is 4.77. The number of nitrogens with one attached hydrogen (secondary N) is 2. The van der Waals surface area contributed by atoms with Gasteiger partial charge in [-0.15, -0.1) is 0 Å². The van der Waals surface area contributed by atoms with Crippen molar-refractivity contribution in [3.05, 3.63) is 88.1 Å². The average molecular weight is 364 g/mol. The van der Waals surface area contributed by atoms with Crippen LogP contribution in [-0.4, -0.2) is 11.8 Å². The molecule has 0 unspecified atom stereocenters. The summed E-state index contributed by atoms with van der Waals surface area (Å²) in [6.45, 7) is 1.94. The lowest BCUT2D eigenvalue weighted by molar-refractivity contribution is -0.115. The third kappa shape index (κ3) is 4.58. The normalized spacial score (nSPS) is 11.6. The summed E-state index contributed by atoms with van der Waals surface area (Å²) in [6, 6.07) is 18.6. The van der Waals surface area contributed by atoms with Crippen LogP contribution in [0.4, 0.5) is 5.69 Å². The molecule has 3 rings (SSSR count). The number of hydrogen-bond acceptors (Lipinski definition) is 3. The second kappa shape index (κ2) is 8.45. The third-order valence-electron chi connectivity index (χ3n) is 4.04. The Morgan fingerprint density at radius 3 is 2.46 bits per heavy atom. The lowest BCUT2D eigenvalue weighted by Crippen LogP contribution is -2.28. The zero-order valence-electron chi connectivity index (χ0n) is 14.4. The fourth-order valence-corrected chi connectivity index (χ4v) is 3.33. The van der Waals surface area contributed by atoms with E-state index in [1.165, 1.54) is 0 Å². The Hall–Kier alpha value is -2.92. The van der Waals surface area contributed by atoms with Crippen LogP contribution < -0.4 is 10.6 Å². The topological polar surface area (TPSA) is 58.2 Å². The second-order valence-electron chi connectivity index (χ2n) is 6.01. The highest BCUT2D eigenvalue weighted by Gasteiger charge is 2.16. The van der Waals surface area contributed by atoms with Crippen molar-refractivity contribution in [3.63, 3.8) is 0 Å². The molecule has 5 heteroatoms. The van der Waals surface area contributed by atoms with E-state index in [0.29, 0.717) is 17.7 Å². The van der Waals surface area contributed by atoms with Gasteiger partial charge in [-0.2, -0.15) is 11.3 Å². The van der Waals surface area contributed by atoms with Crippen molar-refractivity contribution >= 4 is 28.8 Å².